The molecule has 9 aliphatic carbocycles. The zero-order valence-electron chi connectivity index (χ0n) is 41.3. The average Bonchev–Trinajstić information content (AvgIpc) is 4.15. The van der Waals surface area contributed by atoms with E-state index in [-0.39, 0.29) is 12.3 Å². The van der Waals surface area contributed by atoms with Crippen LogP contribution >= 0.6 is 0 Å². The third-order valence-corrected chi connectivity index (χ3v) is 22.4. The maximum absolute atomic E-state index is 7.38. The van der Waals surface area contributed by atoms with Gasteiger partial charge in [-0.1, -0.05) is 109 Å². The maximum atomic E-state index is 7.38. The number of hydrogen-bond donors (Lipinski definition) is 0. The highest BCUT2D eigenvalue weighted by molar-refractivity contribution is 6.90. The van der Waals surface area contributed by atoms with Gasteiger partial charge >= 0.3 is 6.85 Å². The minimum atomic E-state index is -0.488. The number of para-hydroxylation sites is 3. The quantitative estimate of drug-likeness (QED) is 0.161. The largest absolute Gasteiger partial charge is 0.455 e. The summed E-state index contributed by atoms with van der Waals surface area (Å²) in [4.78, 5) is 2.73. The number of fused-ring (bicyclic) bond motifs is 20. The van der Waals surface area contributed by atoms with E-state index in [1.54, 1.807) is 11.1 Å². The number of aromatic nitrogens is 1. The first-order valence-electron chi connectivity index (χ1n) is 28.4. The number of nitrogens with zero attached hydrogens (tertiary/aromatic N) is 2. The molecule has 8 aromatic carbocycles. The van der Waals surface area contributed by atoms with Crippen molar-refractivity contribution < 1.29 is 4.42 Å². The van der Waals surface area contributed by atoms with Gasteiger partial charge in [0.15, 0.2) is 0 Å². The monoisotopic (exact) mass is 938 g/mol. The van der Waals surface area contributed by atoms with E-state index in [0.29, 0.717) is 5.41 Å². The van der Waals surface area contributed by atoms with Gasteiger partial charge in [-0.25, -0.2) is 0 Å². The van der Waals surface area contributed by atoms with Crippen molar-refractivity contribution >= 4 is 78.6 Å². The fraction of sp³-hybridized carbons (Fsp3) is 0.304. The lowest BCUT2D eigenvalue weighted by atomic mass is 9.43. The van der Waals surface area contributed by atoms with E-state index in [2.05, 4.69) is 161 Å². The molecular formula is C69H55BN2O. The SMILES string of the molecule is c1ccc2c(c1)-c1ccccc1C21c2ccccc2N2c3cc4c(oc5ccccc54)c4c3B(c3cccc1c32)n1c2ccc(C35CC6CC(CC(C6)C3)C5)cc2c2cc(C35CC6CC(CC(C6)C3)C5)cc-4c21. The van der Waals surface area contributed by atoms with Crippen molar-refractivity contribution in [2.75, 3.05) is 4.90 Å². The first-order chi connectivity index (χ1) is 36.0. The van der Waals surface area contributed by atoms with Crippen LogP contribution in [0.25, 0.3) is 66.0 Å². The molecule has 0 N–H and O–H groups in total. The second kappa shape index (κ2) is 12.8. The second-order valence-electron chi connectivity index (χ2n) is 25.9. The first-order valence-corrected chi connectivity index (χ1v) is 28.4. The van der Waals surface area contributed by atoms with Crippen molar-refractivity contribution in [3.05, 3.63) is 185 Å². The summed E-state index contributed by atoms with van der Waals surface area (Å²) in [5.41, 5.74) is 25.8. The van der Waals surface area contributed by atoms with E-state index >= 15 is 0 Å². The molecule has 10 aromatic rings. The molecule has 73 heavy (non-hydrogen) atoms. The molecule has 0 radical (unpaired) electrons. The van der Waals surface area contributed by atoms with Crippen LogP contribution in [0.1, 0.15) is 110 Å². The van der Waals surface area contributed by atoms with E-state index in [4.69, 9.17) is 4.42 Å². The topological polar surface area (TPSA) is 21.3 Å². The summed E-state index contributed by atoms with van der Waals surface area (Å²) in [5.74, 6) is 5.31. The van der Waals surface area contributed by atoms with Crippen molar-refractivity contribution in [2.45, 2.75) is 93.3 Å². The zero-order chi connectivity index (χ0) is 46.8. The molecule has 0 unspecified atom stereocenters. The number of rotatable bonds is 2. The third-order valence-electron chi connectivity index (χ3n) is 22.4. The first kappa shape index (κ1) is 38.8. The summed E-state index contributed by atoms with van der Waals surface area (Å²) >= 11 is 0. The van der Waals surface area contributed by atoms with Gasteiger partial charge in [0.05, 0.1) is 11.1 Å². The van der Waals surface area contributed by atoms with E-state index < -0.39 is 5.41 Å². The summed E-state index contributed by atoms with van der Waals surface area (Å²) < 4.78 is 10.3. The highest BCUT2D eigenvalue weighted by Crippen LogP contribution is 2.66. The Morgan fingerprint density at radius 1 is 0.452 bits per heavy atom. The van der Waals surface area contributed by atoms with Crippen LogP contribution in [0.4, 0.5) is 17.1 Å². The molecule has 3 nitrogen and oxygen atoms in total. The van der Waals surface area contributed by atoms with E-state index in [1.807, 2.05) is 0 Å². The summed E-state index contributed by atoms with van der Waals surface area (Å²) in [6.07, 6.45) is 17.0. The standard InChI is InChI=1S/C69H55BN2O/c1-4-13-53-46(10-1)47-11-2-5-14-54(47)69(53)55-15-6-7-18-59(55)71-60-31-51-48-12-3-8-19-61(48)73-66(51)62-52-30-45(68-35-41-25-42(36-68)27-43(26-41)37-68)29-50-49-28-44(67-32-38-22-39(33-67)24-40(23-38)34-67)20-21-58(49)72(64(50)52)70(63(60)62)57-17-9-16-56(69)65(57)71/h1-21,28-31,38-43H,22-27,32-37H2. The normalized spacial score (nSPS) is 29.2. The number of benzene rings is 8. The molecule has 5 heterocycles. The zero-order valence-corrected chi connectivity index (χ0v) is 41.3. The molecule has 1 spiro atoms. The Balaban J connectivity index is 0.946. The van der Waals surface area contributed by atoms with Crippen LogP contribution in [0.5, 0.6) is 0 Å². The smallest absolute Gasteiger partial charge is 0.333 e. The van der Waals surface area contributed by atoms with Crippen molar-refractivity contribution in [1.82, 2.24) is 4.48 Å². The van der Waals surface area contributed by atoms with Gasteiger partial charge < -0.3 is 13.8 Å². The predicted octanol–water partition coefficient (Wildman–Crippen LogP) is 15.7. The molecule has 0 saturated heterocycles. The molecule has 0 amide bonds. The molecule has 3 aliphatic heterocycles. The van der Waals surface area contributed by atoms with Gasteiger partial charge in [-0.3, -0.25) is 0 Å². The van der Waals surface area contributed by atoms with Crippen LogP contribution < -0.4 is 15.8 Å². The van der Waals surface area contributed by atoms with Crippen LogP contribution in [0.3, 0.4) is 0 Å². The van der Waals surface area contributed by atoms with Crippen LogP contribution in [-0.2, 0) is 16.2 Å². The molecule has 2 aromatic heterocycles. The van der Waals surface area contributed by atoms with Gasteiger partial charge in [-0.05, 0) is 221 Å². The third kappa shape index (κ3) is 4.44. The number of hydrogen-bond acceptors (Lipinski definition) is 2. The Kier molecular flexibility index (Phi) is 6.78. The van der Waals surface area contributed by atoms with Gasteiger partial charge in [-0.2, -0.15) is 0 Å². The number of furan rings is 1. The summed E-state index contributed by atoms with van der Waals surface area (Å²) in [5, 5.41) is 5.39. The molecule has 8 saturated carbocycles. The van der Waals surface area contributed by atoms with Crippen LogP contribution in [0.15, 0.2) is 156 Å². The number of anilines is 3. The second-order valence-corrected chi connectivity index (χ2v) is 25.9. The molecule has 8 bridgehead atoms. The lowest BCUT2D eigenvalue weighted by molar-refractivity contribution is -0.00527. The average molecular weight is 939 g/mol. The van der Waals surface area contributed by atoms with Crippen molar-refractivity contribution in [2.24, 2.45) is 35.5 Å². The fourth-order valence-electron chi connectivity index (χ4n) is 20.9. The highest BCUT2D eigenvalue weighted by Gasteiger charge is 2.57. The van der Waals surface area contributed by atoms with Gasteiger partial charge in [0.25, 0.3) is 0 Å². The Morgan fingerprint density at radius 3 is 1.74 bits per heavy atom. The molecule has 8 fully saturated rings. The van der Waals surface area contributed by atoms with E-state index in [9.17, 15) is 0 Å². The maximum Gasteiger partial charge on any atom is 0.333 e. The molecule has 12 aliphatic rings. The van der Waals surface area contributed by atoms with Gasteiger partial charge in [-0.15, -0.1) is 0 Å². The van der Waals surface area contributed by atoms with Gasteiger partial charge in [0, 0.05) is 55.1 Å². The van der Waals surface area contributed by atoms with Gasteiger partial charge in [0.2, 0.25) is 0 Å². The van der Waals surface area contributed by atoms with E-state index in [1.165, 1.54) is 182 Å². The summed E-state index contributed by atoms with van der Waals surface area (Å²) in [6, 6.07) is 60.5. The predicted molar refractivity (Wildman–Crippen MR) is 298 cm³/mol. The molecule has 4 heteroatoms. The summed E-state index contributed by atoms with van der Waals surface area (Å²) in [7, 11) is 0. The van der Waals surface area contributed by atoms with Crippen molar-refractivity contribution in [1.29, 1.82) is 0 Å². The van der Waals surface area contributed by atoms with Gasteiger partial charge in [0.1, 0.15) is 11.2 Å². The fourth-order valence-corrected chi connectivity index (χ4v) is 20.9. The van der Waals surface area contributed by atoms with Crippen molar-refractivity contribution in [3.8, 4) is 22.3 Å². The van der Waals surface area contributed by atoms with Crippen LogP contribution in [0.2, 0.25) is 0 Å². The lowest BCUT2D eigenvalue weighted by Crippen LogP contribution is -2.58. The van der Waals surface area contributed by atoms with Crippen LogP contribution in [0, 0.1) is 35.5 Å². The Labute approximate surface area is 426 Å². The molecular weight excluding hydrogens is 884 g/mol. The summed E-state index contributed by atoms with van der Waals surface area (Å²) in [6.45, 7) is -0.0636. The Morgan fingerprint density at radius 2 is 1.04 bits per heavy atom. The highest BCUT2D eigenvalue weighted by atomic mass is 16.3. The van der Waals surface area contributed by atoms with Crippen molar-refractivity contribution in [3.63, 3.8) is 0 Å². The molecule has 350 valence electrons. The lowest BCUT2D eigenvalue weighted by Gasteiger charge is -2.57. The molecule has 0 atom stereocenters. The minimum Gasteiger partial charge on any atom is -0.455 e. The molecule has 22 rings (SSSR count). The minimum absolute atomic E-state index is 0.0636. The van der Waals surface area contributed by atoms with E-state index in [0.717, 1.165) is 46.7 Å². The van der Waals surface area contributed by atoms with Crippen LogP contribution in [-0.4, -0.2) is 11.3 Å². The Hall–Kier alpha value is -6.78. The Bertz CT molecular complexity index is 4100.